The monoisotopic (exact) mass is 752 g/mol. The minimum Gasteiger partial charge on any atom is -0.457 e. The summed E-state index contributed by atoms with van der Waals surface area (Å²) in [5, 5.41) is 49.9. The standard InChI is InChI=1S/C38H73O12P/c1-3-5-7-9-11-13-15-16-18-20-22-24-26-28-47-29-31(49-32(39)27-25-23-21-19-17-14-12-10-8-6-4-2)30-48-51(45,46)50-38-36(43)34(41)33(40)35(42)37(38)44/h10,12,31,33-38,40-44H,3-9,11,13-30H2,1-2H3,(H,45,46)/b12-10-. The normalized spacial score (nSPS) is 24.2. The molecule has 0 spiro atoms. The molecule has 1 fully saturated rings. The van der Waals surface area contributed by atoms with Gasteiger partial charge in [0, 0.05) is 13.0 Å². The molecule has 0 radical (unpaired) electrons. The van der Waals surface area contributed by atoms with Crippen molar-refractivity contribution >= 4 is 13.8 Å². The molecule has 0 bridgehead atoms. The maximum Gasteiger partial charge on any atom is 0.472 e. The number of aliphatic hydroxyl groups is 5. The number of hydrogen-bond acceptors (Lipinski definition) is 11. The lowest BCUT2D eigenvalue weighted by atomic mass is 9.85. The number of phosphoric ester groups is 1. The van der Waals surface area contributed by atoms with E-state index in [9.17, 15) is 39.8 Å². The fourth-order valence-corrected chi connectivity index (χ4v) is 7.07. The molecule has 13 heteroatoms. The molecule has 0 saturated heterocycles. The van der Waals surface area contributed by atoms with E-state index in [-0.39, 0.29) is 13.0 Å². The van der Waals surface area contributed by atoms with Gasteiger partial charge >= 0.3 is 13.8 Å². The van der Waals surface area contributed by atoms with Gasteiger partial charge in [0.25, 0.3) is 0 Å². The molecule has 6 unspecified atom stereocenters. The number of aliphatic hydroxyl groups excluding tert-OH is 5. The summed E-state index contributed by atoms with van der Waals surface area (Å²) in [6.45, 7) is 4.19. The molecule has 0 heterocycles. The van der Waals surface area contributed by atoms with Crippen LogP contribution in [-0.4, -0.2) is 98.9 Å². The number of carbonyl (C=O) groups is 1. The molecule has 1 aliphatic carbocycles. The second-order valence-corrected chi connectivity index (χ2v) is 15.5. The van der Waals surface area contributed by atoms with Crippen molar-refractivity contribution in [2.45, 2.75) is 204 Å². The van der Waals surface area contributed by atoms with Crippen molar-refractivity contribution in [1.29, 1.82) is 0 Å². The fourth-order valence-electron chi connectivity index (χ4n) is 6.10. The molecule has 0 amide bonds. The second kappa shape index (κ2) is 30.4. The smallest absolute Gasteiger partial charge is 0.457 e. The molecule has 51 heavy (non-hydrogen) atoms. The molecular weight excluding hydrogens is 679 g/mol. The maximum atomic E-state index is 12.7. The van der Waals surface area contributed by atoms with Crippen molar-refractivity contribution in [3.63, 3.8) is 0 Å². The van der Waals surface area contributed by atoms with Crippen LogP contribution >= 0.6 is 7.82 Å². The van der Waals surface area contributed by atoms with Gasteiger partial charge in [-0.15, -0.1) is 0 Å². The third kappa shape index (κ3) is 23.5. The predicted molar refractivity (Wildman–Crippen MR) is 198 cm³/mol. The van der Waals surface area contributed by atoms with Crippen molar-refractivity contribution in [3.8, 4) is 0 Å². The minimum absolute atomic E-state index is 0.0753. The van der Waals surface area contributed by atoms with Crippen LogP contribution in [0.25, 0.3) is 0 Å². The van der Waals surface area contributed by atoms with Gasteiger partial charge in [-0.25, -0.2) is 4.57 Å². The summed E-state index contributed by atoms with van der Waals surface area (Å²) in [6, 6.07) is 0. The van der Waals surface area contributed by atoms with E-state index in [1.54, 1.807) is 0 Å². The third-order valence-electron chi connectivity index (χ3n) is 9.39. The van der Waals surface area contributed by atoms with Crippen LogP contribution < -0.4 is 0 Å². The van der Waals surface area contributed by atoms with Crippen LogP contribution in [0.15, 0.2) is 12.2 Å². The van der Waals surface area contributed by atoms with E-state index in [4.69, 9.17) is 18.5 Å². The molecule has 12 nitrogen and oxygen atoms in total. The van der Waals surface area contributed by atoms with Gasteiger partial charge in [-0.05, 0) is 32.1 Å². The number of phosphoric acid groups is 1. The largest absolute Gasteiger partial charge is 0.472 e. The van der Waals surface area contributed by atoms with Crippen LogP contribution in [0.5, 0.6) is 0 Å². The van der Waals surface area contributed by atoms with Gasteiger partial charge in [0.1, 0.15) is 42.7 Å². The number of hydrogen-bond donors (Lipinski definition) is 6. The Morgan fingerprint density at radius 2 is 1.06 bits per heavy atom. The lowest BCUT2D eigenvalue weighted by Crippen LogP contribution is -2.64. The lowest BCUT2D eigenvalue weighted by Gasteiger charge is -2.41. The highest BCUT2D eigenvalue weighted by Gasteiger charge is 2.51. The summed E-state index contributed by atoms with van der Waals surface area (Å²) in [5.41, 5.74) is 0. The van der Waals surface area contributed by atoms with Gasteiger partial charge in [0.15, 0.2) is 0 Å². The van der Waals surface area contributed by atoms with Crippen molar-refractivity contribution in [3.05, 3.63) is 12.2 Å². The topological polar surface area (TPSA) is 192 Å². The Morgan fingerprint density at radius 1 is 0.608 bits per heavy atom. The van der Waals surface area contributed by atoms with Crippen LogP contribution in [0.4, 0.5) is 0 Å². The zero-order valence-electron chi connectivity index (χ0n) is 31.7. The third-order valence-corrected chi connectivity index (χ3v) is 10.4. The first-order chi connectivity index (χ1) is 24.5. The highest BCUT2D eigenvalue weighted by Crippen LogP contribution is 2.47. The molecule has 1 aliphatic rings. The molecule has 6 atom stereocenters. The van der Waals surface area contributed by atoms with E-state index in [1.165, 1.54) is 77.0 Å². The number of esters is 1. The molecule has 302 valence electrons. The quantitative estimate of drug-likeness (QED) is 0.0178. The average Bonchev–Trinajstić information content (AvgIpc) is 3.11. The Balaban J connectivity index is 2.46. The first-order valence-corrected chi connectivity index (χ1v) is 21.5. The lowest BCUT2D eigenvalue weighted by molar-refractivity contribution is -0.220. The van der Waals surface area contributed by atoms with E-state index in [1.807, 2.05) is 0 Å². The maximum absolute atomic E-state index is 12.7. The Kier molecular flexibility index (Phi) is 28.7. The Labute approximate surface area is 307 Å². The number of ether oxygens (including phenoxy) is 2. The molecular formula is C38H73O12P. The molecule has 6 N–H and O–H groups in total. The first kappa shape index (κ1) is 48.1. The molecule has 0 aromatic carbocycles. The van der Waals surface area contributed by atoms with Gasteiger partial charge in [-0.1, -0.05) is 135 Å². The van der Waals surface area contributed by atoms with Crippen LogP contribution in [0, 0.1) is 0 Å². The van der Waals surface area contributed by atoms with Crippen LogP contribution in [0.1, 0.15) is 162 Å². The van der Waals surface area contributed by atoms with Gasteiger partial charge in [0.2, 0.25) is 0 Å². The van der Waals surface area contributed by atoms with E-state index < -0.39 is 63.1 Å². The van der Waals surface area contributed by atoms with Gasteiger partial charge in [-0.3, -0.25) is 13.8 Å². The van der Waals surface area contributed by atoms with Crippen molar-refractivity contribution < 1.29 is 58.3 Å². The van der Waals surface area contributed by atoms with E-state index in [2.05, 4.69) is 26.0 Å². The van der Waals surface area contributed by atoms with Crippen molar-refractivity contribution in [1.82, 2.24) is 0 Å². The van der Waals surface area contributed by atoms with Gasteiger partial charge in [-0.2, -0.15) is 0 Å². The second-order valence-electron chi connectivity index (χ2n) is 14.1. The summed E-state index contributed by atoms with van der Waals surface area (Å²) in [6.07, 6.45) is 17.2. The number of unbranched alkanes of at least 4 members (excludes halogenated alkanes) is 19. The van der Waals surface area contributed by atoms with Gasteiger partial charge < -0.3 is 39.9 Å². The minimum atomic E-state index is -5.00. The fraction of sp³-hybridized carbons (Fsp3) is 0.921. The summed E-state index contributed by atoms with van der Waals surface area (Å²) in [5.74, 6) is -0.487. The number of rotatable bonds is 33. The van der Waals surface area contributed by atoms with Crippen LogP contribution in [0.3, 0.4) is 0 Å². The van der Waals surface area contributed by atoms with Crippen molar-refractivity contribution in [2.24, 2.45) is 0 Å². The Morgan fingerprint density at radius 3 is 1.61 bits per heavy atom. The molecule has 1 rings (SSSR count). The SMILES string of the molecule is CCCC/C=C\CCCCCCCC(=O)OC(COCCCCCCCCCCCCCCC)COP(=O)(O)OC1C(O)C(O)C(O)C(O)C1O. The molecule has 0 aliphatic heterocycles. The Bertz CT molecular complexity index is 905. The van der Waals surface area contributed by atoms with Crippen LogP contribution in [-0.2, 0) is 27.9 Å². The number of allylic oxidation sites excluding steroid dienone is 2. The van der Waals surface area contributed by atoms with E-state index in [0.717, 1.165) is 57.8 Å². The van der Waals surface area contributed by atoms with E-state index >= 15 is 0 Å². The van der Waals surface area contributed by atoms with E-state index in [0.29, 0.717) is 13.0 Å². The van der Waals surface area contributed by atoms with Crippen LogP contribution in [0.2, 0.25) is 0 Å². The summed E-state index contributed by atoms with van der Waals surface area (Å²) >= 11 is 0. The van der Waals surface area contributed by atoms with Gasteiger partial charge in [0.05, 0.1) is 13.2 Å². The zero-order chi connectivity index (χ0) is 37.7. The van der Waals surface area contributed by atoms with Crippen molar-refractivity contribution in [2.75, 3.05) is 19.8 Å². The summed E-state index contributed by atoms with van der Waals surface area (Å²) in [7, 11) is -5.00. The molecule has 0 aromatic heterocycles. The highest BCUT2D eigenvalue weighted by atomic mass is 31.2. The number of carbonyl (C=O) groups excluding carboxylic acids is 1. The Hall–Kier alpha value is -0.920. The zero-order valence-corrected chi connectivity index (χ0v) is 32.6. The molecule has 1 saturated carbocycles. The average molecular weight is 753 g/mol. The summed E-state index contributed by atoms with van der Waals surface area (Å²) < 4.78 is 34.0. The predicted octanol–water partition coefficient (Wildman–Crippen LogP) is 6.80. The first-order valence-electron chi connectivity index (χ1n) is 20.0. The molecule has 0 aromatic rings. The summed E-state index contributed by atoms with van der Waals surface area (Å²) in [4.78, 5) is 23.0. The highest BCUT2D eigenvalue weighted by molar-refractivity contribution is 7.47.